The Kier molecular flexibility index (Phi) is 5.95. The molecule has 1 aliphatic heterocycles. The average molecular weight is 408 g/mol. The number of amides is 1. The van der Waals surface area contributed by atoms with Gasteiger partial charge in [0.15, 0.2) is 11.5 Å². The minimum Gasteiger partial charge on any atom is -0.493 e. The highest BCUT2D eigenvalue weighted by Gasteiger charge is 2.22. The summed E-state index contributed by atoms with van der Waals surface area (Å²) in [5.74, 6) is 1.49. The number of hydrogen-bond donors (Lipinski definition) is 0. The maximum Gasteiger partial charge on any atom is 0.227 e. The average Bonchev–Trinajstić information content (AvgIpc) is 3.09. The number of benzene rings is 2. The topological polar surface area (TPSA) is 46.9 Å². The van der Waals surface area contributed by atoms with Crippen LogP contribution in [0.25, 0.3) is 10.9 Å². The zero-order chi connectivity index (χ0) is 21.1. The summed E-state index contributed by atoms with van der Waals surface area (Å²) in [4.78, 5) is 17.2. The Morgan fingerprint density at radius 3 is 2.43 bits per heavy atom. The van der Waals surface area contributed by atoms with E-state index >= 15 is 0 Å². The predicted molar refractivity (Wildman–Crippen MR) is 118 cm³/mol. The number of methoxy groups -OCH3 is 2. The van der Waals surface area contributed by atoms with Gasteiger partial charge in [-0.1, -0.05) is 24.3 Å². The summed E-state index contributed by atoms with van der Waals surface area (Å²) < 4.78 is 12.8. The normalized spacial score (nSPS) is 14.8. The van der Waals surface area contributed by atoms with Crippen LogP contribution in [0, 0.1) is 0 Å². The minimum atomic E-state index is 0.159. The van der Waals surface area contributed by atoms with Crippen molar-refractivity contribution in [2.24, 2.45) is 7.05 Å². The Balaban J connectivity index is 1.34. The van der Waals surface area contributed by atoms with Gasteiger partial charge in [0.1, 0.15) is 0 Å². The van der Waals surface area contributed by atoms with E-state index in [0.29, 0.717) is 17.9 Å². The van der Waals surface area contributed by atoms with Crippen molar-refractivity contribution in [1.82, 2.24) is 14.4 Å². The lowest BCUT2D eigenvalue weighted by molar-refractivity contribution is -0.132. The molecule has 0 aliphatic carbocycles. The summed E-state index contributed by atoms with van der Waals surface area (Å²) in [5, 5.41) is 1.31. The van der Waals surface area contributed by atoms with Gasteiger partial charge < -0.3 is 18.9 Å². The molecule has 6 heteroatoms. The number of aryl methyl sites for hydroxylation is 1. The summed E-state index contributed by atoms with van der Waals surface area (Å²) in [6.45, 7) is 4.22. The minimum absolute atomic E-state index is 0.159. The molecule has 0 spiro atoms. The summed E-state index contributed by atoms with van der Waals surface area (Å²) in [6, 6.07) is 14.2. The highest BCUT2D eigenvalue weighted by molar-refractivity contribution is 5.83. The molecule has 0 N–H and O–H groups in total. The van der Waals surface area contributed by atoms with E-state index in [2.05, 4.69) is 47.0 Å². The van der Waals surface area contributed by atoms with Crippen molar-refractivity contribution in [3.8, 4) is 11.5 Å². The molecule has 3 aromatic rings. The van der Waals surface area contributed by atoms with Crippen LogP contribution in [-0.2, 0) is 24.8 Å². The number of fused-ring (bicyclic) bond motifs is 1. The fourth-order valence-corrected chi connectivity index (χ4v) is 4.22. The quantitative estimate of drug-likeness (QED) is 0.630. The molecule has 0 atom stereocenters. The smallest absolute Gasteiger partial charge is 0.227 e. The van der Waals surface area contributed by atoms with Gasteiger partial charge in [0.25, 0.3) is 0 Å². The highest BCUT2D eigenvalue weighted by Crippen LogP contribution is 2.28. The maximum atomic E-state index is 12.8. The molecule has 0 bridgehead atoms. The molecule has 30 heavy (non-hydrogen) atoms. The van der Waals surface area contributed by atoms with E-state index < -0.39 is 0 Å². The first-order valence-corrected chi connectivity index (χ1v) is 10.3. The molecule has 1 amide bonds. The molecule has 4 rings (SSSR count). The second-order valence-corrected chi connectivity index (χ2v) is 7.81. The van der Waals surface area contributed by atoms with Crippen LogP contribution in [0.15, 0.2) is 48.7 Å². The Hall–Kier alpha value is -2.99. The van der Waals surface area contributed by atoms with Crippen LogP contribution >= 0.6 is 0 Å². The van der Waals surface area contributed by atoms with Crippen molar-refractivity contribution in [2.45, 2.75) is 13.0 Å². The second-order valence-electron chi connectivity index (χ2n) is 7.81. The summed E-state index contributed by atoms with van der Waals surface area (Å²) in [5.41, 5.74) is 3.55. The Morgan fingerprint density at radius 2 is 1.70 bits per heavy atom. The first-order chi connectivity index (χ1) is 14.6. The molecule has 158 valence electrons. The van der Waals surface area contributed by atoms with Crippen LogP contribution < -0.4 is 9.47 Å². The van der Waals surface area contributed by atoms with E-state index in [1.165, 1.54) is 16.5 Å². The number of para-hydroxylation sites is 1. The SMILES string of the molecule is COc1ccc(CC(=O)N2CCN(Cc3cn(C)c4ccccc34)CC2)cc1OC. The van der Waals surface area contributed by atoms with Crippen molar-refractivity contribution in [3.05, 3.63) is 59.8 Å². The fraction of sp³-hybridized carbons (Fsp3) is 0.375. The number of nitrogens with zero attached hydrogens (tertiary/aromatic N) is 3. The van der Waals surface area contributed by atoms with E-state index in [1.807, 2.05) is 23.1 Å². The molecule has 1 aliphatic rings. The number of carbonyl (C=O) groups excluding carboxylic acids is 1. The van der Waals surface area contributed by atoms with Crippen molar-refractivity contribution in [1.29, 1.82) is 0 Å². The van der Waals surface area contributed by atoms with Crippen LogP contribution in [0.3, 0.4) is 0 Å². The van der Waals surface area contributed by atoms with Crippen molar-refractivity contribution < 1.29 is 14.3 Å². The molecule has 0 unspecified atom stereocenters. The monoisotopic (exact) mass is 407 g/mol. The molecule has 6 nitrogen and oxygen atoms in total. The molecule has 0 saturated carbocycles. The number of ether oxygens (including phenoxy) is 2. The number of rotatable bonds is 6. The Labute approximate surface area is 177 Å². The molecule has 0 radical (unpaired) electrons. The lowest BCUT2D eigenvalue weighted by Crippen LogP contribution is -2.48. The van der Waals surface area contributed by atoms with E-state index in [4.69, 9.17) is 9.47 Å². The largest absolute Gasteiger partial charge is 0.493 e. The summed E-state index contributed by atoms with van der Waals surface area (Å²) >= 11 is 0. The summed E-state index contributed by atoms with van der Waals surface area (Å²) in [7, 11) is 5.32. The van der Waals surface area contributed by atoms with Crippen LogP contribution in [0.5, 0.6) is 11.5 Å². The van der Waals surface area contributed by atoms with Crippen molar-refractivity contribution in [2.75, 3.05) is 40.4 Å². The summed E-state index contributed by atoms with van der Waals surface area (Å²) in [6.07, 6.45) is 2.60. The molecule has 1 fully saturated rings. The van der Waals surface area contributed by atoms with Gasteiger partial charge in [-0.2, -0.15) is 0 Å². The van der Waals surface area contributed by atoms with E-state index in [9.17, 15) is 4.79 Å². The first-order valence-electron chi connectivity index (χ1n) is 10.3. The molecular weight excluding hydrogens is 378 g/mol. The van der Waals surface area contributed by atoms with Crippen molar-refractivity contribution in [3.63, 3.8) is 0 Å². The van der Waals surface area contributed by atoms with Gasteiger partial charge in [-0.25, -0.2) is 0 Å². The van der Waals surface area contributed by atoms with Crippen LogP contribution in [0.2, 0.25) is 0 Å². The van der Waals surface area contributed by atoms with E-state index in [0.717, 1.165) is 38.3 Å². The van der Waals surface area contributed by atoms with Gasteiger partial charge >= 0.3 is 0 Å². The number of carbonyl (C=O) groups is 1. The number of piperazine rings is 1. The van der Waals surface area contributed by atoms with Gasteiger partial charge in [-0.15, -0.1) is 0 Å². The molecule has 1 saturated heterocycles. The third-order valence-electron chi connectivity index (χ3n) is 5.90. The Morgan fingerprint density at radius 1 is 0.967 bits per heavy atom. The predicted octanol–water partition coefficient (Wildman–Crippen LogP) is 3.08. The first kappa shape index (κ1) is 20.3. The lowest BCUT2D eigenvalue weighted by atomic mass is 10.1. The van der Waals surface area contributed by atoms with Gasteiger partial charge in [-0.3, -0.25) is 9.69 Å². The van der Waals surface area contributed by atoms with Crippen LogP contribution in [-0.4, -0.2) is 60.7 Å². The van der Waals surface area contributed by atoms with E-state index in [1.54, 1.807) is 14.2 Å². The maximum absolute atomic E-state index is 12.8. The number of aromatic nitrogens is 1. The van der Waals surface area contributed by atoms with Crippen LogP contribution in [0.4, 0.5) is 0 Å². The highest BCUT2D eigenvalue weighted by atomic mass is 16.5. The Bertz CT molecular complexity index is 1040. The van der Waals surface area contributed by atoms with Gasteiger partial charge in [-0.05, 0) is 29.3 Å². The second kappa shape index (κ2) is 8.79. The third kappa shape index (κ3) is 4.14. The van der Waals surface area contributed by atoms with Crippen LogP contribution in [0.1, 0.15) is 11.1 Å². The van der Waals surface area contributed by atoms with Gasteiger partial charge in [0.05, 0.1) is 20.6 Å². The molecular formula is C24H29N3O3. The van der Waals surface area contributed by atoms with Gasteiger partial charge in [0.2, 0.25) is 5.91 Å². The standard InChI is InChI=1S/C24H29N3O3/c1-25-16-19(20-6-4-5-7-21(20)25)17-26-10-12-27(13-11-26)24(28)15-18-8-9-22(29-2)23(14-18)30-3/h4-9,14,16H,10-13,15,17H2,1-3H3. The molecule has 2 heterocycles. The van der Waals surface area contributed by atoms with E-state index in [-0.39, 0.29) is 5.91 Å². The zero-order valence-corrected chi connectivity index (χ0v) is 17.9. The zero-order valence-electron chi connectivity index (χ0n) is 17.9. The lowest BCUT2D eigenvalue weighted by Gasteiger charge is -2.34. The van der Waals surface area contributed by atoms with Gasteiger partial charge in [0, 0.05) is 56.9 Å². The third-order valence-corrected chi connectivity index (χ3v) is 5.90. The van der Waals surface area contributed by atoms with Crippen molar-refractivity contribution >= 4 is 16.8 Å². The molecule has 2 aromatic carbocycles. The molecule has 1 aromatic heterocycles. The number of hydrogen-bond acceptors (Lipinski definition) is 4. The fourth-order valence-electron chi connectivity index (χ4n) is 4.22.